The molecule has 1 saturated heterocycles. The number of ketones is 1. The van der Waals surface area contributed by atoms with Crippen LogP contribution in [0, 0.1) is 30.1 Å². The van der Waals surface area contributed by atoms with E-state index in [0.29, 0.717) is 25.1 Å². The topological polar surface area (TPSA) is 151 Å². The van der Waals surface area contributed by atoms with Gasteiger partial charge in [0.2, 0.25) is 17.6 Å². The summed E-state index contributed by atoms with van der Waals surface area (Å²) in [5.41, 5.74) is 7.75. The molecule has 11 heteroatoms. The van der Waals surface area contributed by atoms with Crippen LogP contribution >= 0.6 is 11.8 Å². The highest BCUT2D eigenvalue weighted by Crippen LogP contribution is 2.43. The van der Waals surface area contributed by atoms with Gasteiger partial charge in [0.25, 0.3) is 5.91 Å². The van der Waals surface area contributed by atoms with E-state index in [1.165, 1.54) is 17.8 Å². The summed E-state index contributed by atoms with van der Waals surface area (Å²) in [4.78, 5) is 67.0. The van der Waals surface area contributed by atoms with Crippen molar-refractivity contribution in [1.82, 2.24) is 20.9 Å². The molecular formula is C30H37N5O5S. The highest BCUT2D eigenvalue weighted by atomic mass is 32.2. The van der Waals surface area contributed by atoms with Gasteiger partial charge in [0.1, 0.15) is 18.1 Å². The van der Waals surface area contributed by atoms with Gasteiger partial charge in [0.05, 0.1) is 5.75 Å². The minimum atomic E-state index is -1.12. The lowest BCUT2D eigenvalue weighted by atomic mass is 9.92. The first-order valence-corrected chi connectivity index (χ1v) is 15.1. The zero-order chi connectivity index (χ0) is 29.5. The Morgan fingerprint density at radius 2 is 1.85 bits per heavy atom. The molecule has 1 saturated carbocycles. The molecule has 10 nitrogen and oxygen atoms in total. The molecule has 1 heterocycles. The Morgan fingerprint density at radius 3 is 2.49 bits per heavy atom. The maximum absolute atomic E-state index is 14.1. The van der Waals surface area contributed by atoms with E-state index in [9.17, 15) is 24.0 Å². The van der Waals surface area contributed by atoms with Gasteiger partial charge in [-0.3, -0.25) is 19.2 Å². The first kappa shape index (κ1) is 30.2. The van der Waals surface area contributed by atoms with Crippen LogP contribution < -0.4 is 21.7 Å². The van der Waals surface area contributed by atoms with E-state index >= 15 is 0 Å². The van der Waals surface area contributed by atoms with E-state index in [2.05, 4.69) is 28.4 Å². The number of hydrogen-bond donors (Lipinski definition) is 4. The third-order valence-electron chi connectivity index (χ3n) is 8.29. The van der Waals surface area contributed by atoms with Crippen molar-refractivity contribution in [2.45, 2.75) is 50.2 Å². The summed E-state index contributed by atoms with van der Waals surface area (Å²) >= 11 is 1.25. The number of primary amides is 1. The second-order valence-corrected chi connectivity index (χ2v) is 11.9. The lowest BCUT2D eigenvalue weighted by Gasteiger charge is -2.33. The maximum atomic E-state index is 14.1. The number of Topliss-reactive ketones (excluding diaryl/α,β-unsaturated/α-hetero) is 1. The summed E-state index contributed by atoms with van der Waals surface area (Å²) in [5.74, 6) is 0.252. The normalized spacial score (nSPS) is 22.5. The molecule has 0 bridgehead atoms. The highest BCUT2D eigenvalue weighted by Gasteiger charge is 2.52. The number of nitrogens with zero attached hydrogens (tertiary/aromatic N) is 1. The molecule has 0 radical (unpaired) electrons. The number of likely N-dealkylation sites (tertiary alicyclic amines) is 1. The standard InChI is InChI=1S/C30H37N5O5S/c1-3-12-32-28(38)26(36)23(17-41-13-4-2)33-27(37)25-22-11-7-10-20(22)16-35(25)29(39)24(34-30(31)40)21-14-18-8-5-6-9-19(18)15-21/h2-3,5-6,8-9,20-25H,1,7,10-17H2,(H,32,38)(H,33,37)(H3,31,34,40)/t20-,22-,23?,24-,25-/m0/s1. The van der Waals surface area contributed by atoms with Crippen LogP contribution in [0.15, 0.2) is 36.9 Å². The molecule has 1 aliphatic heterocycles. The zero-order valence-corrected chi connectivity index (χ0v) is 23.8. The molecule has 0 spiro atoms. The largest absolute Gasteiger partial charge is 0.352 e. The number of fused-ring (bicyclic) bond motifs is 2. The number of terminal acetylenes is 1. The second kappa shape index (κ2) is 13.7. The first-order chi connectivity index (χ1) is 19.7. The highest BCUT2D eigenvalue weighted by molar-refractivity contribution is 7.99. The van der Waals surface area contributed by atoms with Crippen molar-refractivity contribution >= 4 is 41.3 Å². The monoisotopic (exact) mass is 579 g/mol. The van der Waals surface area contributed by atoms with Gasteiger partial charge in [-0.15, -0.1) is 24.8 Å². The number of thioether (sulfide) groups is 1. The molecule has 5 N–H and O–H groups in total. The summed E-state index contributed by atoms with van der Waals surface area (Å²) in [7, 11) is 0. The van der Waals surface area contributed by atoms with Crippen molar-refractivity contribution < 1.29 is 24.0 Å². The fourth-order valence-electron chi connectivity index (χ4n) is 6.50. The van der Waals surface area contributed by atoms with E-state index in [1.807, 2.05) is 24.3 Å². The van der Waals surface area contributed by atoms with Crippen molar-refractivity contribution in [2.75, 3.05) is 24.6 Å². The second-order valence-electron chi connectivity index (χ2n) is 10.9. The van der Waals surface area contributed by atoms with Crippen molar-refractivity contribution in [1.29, 1.82) is 0 Å². The number of urea groups is 1. The minimum absolute atomic E-state index is 0.0855. The van der Waals surface area contributed by atoms with Crippen LogP contribution in [0.1, 0.15) is 30.4 Å². The van der Waals surface area contributed by atoms with Crippen LogP contribution in [0.3, 0.4) is 0 Å². The maximum Gasteiger partial charge on any atom is 0.312 e. The predicted molar refractivity (Wildman–Crippen MR) is 156 cm³/mol. The molecule has 2 aliphatic carbocycles. The lowest BCUT2D eigenvalue weighted by molar-refractivity contribution is -0.143. The van der Waals surface area contributed by atoms with Crippen LogP contribution in [0.5, 0.6) is 0 Å². The Morgan fingerprint density at radius 1 is 1.15 bits per heavy atom. The fraction of sp³-hybridized carbons (Fsp3) is 0.500. The average Bonchev–Trinajstić information content (AvgIpc) is 3.67. The fourth-order valence-corrected chi connectivity index (χ4v) is 7.20. The number of carbonyl (C=O) groups is 5. The number of hydrogen-bond acceptors (Lipinski definition) is 6. The van der Waals surface area contributed by atoms with E-state index < -0.39 is 41.8 Å². The first-order valence-electron chi connectivity index (χ1n) is 13.9. The molecular weight excluding hydrogens is 542 g/mol. The number of benzene rings is 1. The molecule has 4 rings (SSSR count). The van der Waals surface area contributed by atoms with Crippen LogP contribution in [0.4, 0.5) is 4.79 Å². The summed E-state index contributed by atoms with van der Waals surface area (Å²) in [5, 5.41) is 7.89. The van der Waals surface area contributed by atoms with Gasteiger partial charge in [-0.05, 0) is 54.6 Å². The SMILES string of the molecule is C#CCSCC(NC(=O)[C@@H]1[C@H]2CCC[C@H]2CN1C(=O)[C@@H](NC(N)=O)C1Cc2ccccc2C1)C(=O)C(=O)NCC=C. The Hall–Kier alpha value is -3.78. The molecule has 1 unspecified atom stereocenters. The van der Waals surface area contributed by atoms with E-state index in [1.54, 1.807) is 4.90 Å². The summed E-state index contributed by atoms with van der Waals surface area (Å²) in [6.07, 6.45) is 10.6. The van der Waals surface area contributed by atoms with Crippen LogP contribution in [0.2, 0.25) is 0 Å². The van der Waals surface area contributed by atoms with Crippen molar-refractivity contribution in [3.63, 3.8) is 0 Å². The number of nitrogens with two attached hydrogens (primary N) is 1. The molecule has 5 amide bonds. The van der Waals surface area contributed by atoms with Crippen molar-refractivity contribution in [3.8, 4) is 12.3 Å². The van der Waals surface area contributed by atoms with Gasteiger partial charge in [0.15, 0.2) is 0 Å². The van der Waals surface area contributed by atoms with Gasteiger partial charge in [-0.25, -0.2) is 4.79 Å². The van der Waals surface area contributed by atoms with Gasteiger partial charge < -0.3 is 26.6 Å². The number of nitrogens with one attached hydrogen (secondary N) is 3. The summed E-state index contributed by atoms with van der Waals surface area (Å²) in [6, 6.07) is 4.25. The van der Waals surface area contributed by atoms with Gasteiger partial charge in [-0.2, -0.15) is 0 Å². The third-order valence-corrected chi connectivity index (χ3v) is 9.23. The molecule has 1 aromatic carbocycles. The number of rotatable bonds is 12. The third kappa shape index (κ3) is 6.93. The minimum Gasteiger partial charge on any atom is -0.352 e. The van der Waals surface area contributed by atoms with E-state index in [4.69, 9.17) is 12.2 Å². The molecule has 218 valence electrons. The Kier molecular flexibility index (Phi) is 10.1. The molecule has 1 aromatic rings. The molecule has 0 aromatic heterocycles. The molecule has 3 aliphatic rings. The zero-order valence-electron chi connectivity index (χ0n) is 23.0. The predicted octanol–water partition coefficient (Wildman–Crippen LogP) is 0.788. The Labute approximate surface area is 244 Å². The summed E-state index contributed by atoms with van der Waals surface area (Å²) in [6.45, 7) is 4.02. The average molecular weight is 580 g/mol. The molecule has 5 atom stereocenters. The van der Waals surface area contributed by atoms with Gasteiger partial charge in [0, 0.05) is 18.8 Å². The Balaban J connectivity index is 1.56. The summed E-state index contributed by atoms with van der Waals surface area (Å²) < 4.78 is 0. The molecule has 2 fully saturated rings. The van der Waals surface area contributed by atoms with Crippen molar-refractivity contribution in [2.24, 2.45) is 23.5 Å². The van der Waals surface area contributed by atoms with Crippen LogP contribution in [0.25, 0.3) is 0 Å². The smallest absolute Gasteiger partial charge is 0.312 e. The van der Waals surface area contributed by atoms with Crippen LogP contribution in [-0.4, -0.2) is 77.2 Å². The molecule has 41 heavy (non-hydrogen) atoms. The van der Waals surface area contributed by atoms with Crippen LogP contribution in [-0.2, 0) is 32.0 Å². The van der Waals surface area contributed by atoms with Crippen molar-refractivity contribution in [3.05, 3.63) is 48.0 Å². The number of carbonyl (C=O) groups excluding carboxylic acids is 5. The van der Waals surface area contributed by atoms with Gasteiger partial charge in [-0.1, -0.05) is 42.7 Å². The number of amides is 5. The van der Waals surface area contributed by atoms with Gasteiger partial charge >= 0.3 is 6.03 Å². The van der Waals surface area contributed by atoms with E-state index in [0.717, 1.165) is 30.4 Å². The quantitative estimate of drug-likeness (QED) is 0.124. The van der Waals surface area contributed by atoms with E-state index in [-0.39, 0.29) is 36.0 Å². The Bertz CT molecular complexity index is 1220. The lowest BCUT2D eigenvalue weighted by Crippen LogP contribution is -2.59.